The van der Waals surface area contributed by atoms with Crippen LogP contribution in [-0.2, 0) is 0 Å². The van der Waals surface area contributed by atoms with Crippen molar-refractivity contribution < 1.29 is 4.79 Å². The van der Waals surface area contributed by atoms with E-state index in [0.717, 1.165) is 25.9 Å². The molecule has 0 saturated carbocycles. The van der Waals surface area contributed by atoms with Crippen LogP contribution in [0, 0.1) is 0 Å². The lowest BCUT2D eigenvalue weighted by Crippen LogP contribution is -2.57. The number of hydrogen-bond donors (Lipinski definition) is 1. The number of piperidine rings is 1. The molecule has 3 aliphatic heterocycles. The molecule has 0 aromatic carbocycles. The summed E-state index contributed by atoms with van der Waals surface area (Å²) in [5.41, 5.74) is 0. The van der Waals surface area contributed by atoms with Gasteiger partial charge in [-0.25, -0.2) is 4.79 Å². The molecule has 3 heteroatoms. The standard InChI is InChI=1S/C6H10N2O/c9-6-7-5-1-3-8(6)4-2-5/h5H,1-4H2,(H,7,9). The fourth-order valence-corrected chi connectivity index (χ4v) is 1.49. The van der Waals surface area contributed by atoms with Crippen molar-refractivity contribution in [3.63, 3.8) is 0 Å². The van der Waals surface area contributed by atoms with Gasteiger partial charge in [-0.3, -0.25) is 0 Å². The van der Waals surface area contributed by atoms with Gasteiger partial charge in [0.15, 0.2) is 0 Å². The second-order valence-corrected chi connectivity index (χ2v) is 2.71. The van der Waals surface area contributed by atoms with Gasteiger partial charge in [0.25, 0.3) is 0 Å². The van der Waals surface area contributed by atoms with Crippen molar-refractivity contribution in [2.75, 3.05) is 13.1 Å². The average Bonchev–Trinajstić information content (AvgIpc) is 1.90. The second-order valence-electron chi connectivity index (χ2n) is 2.71. The minimum absolute atomic E-state index is 0.137. The fraction of sp³-hybridized carbons (Fsp3) is 0.833. The average molecular weight is 126 g/mol. The molecule has 50 valence electrons. The predicted octanol–water partition coefficient (Wildman–Crippen LogP) is 0.174. The van der Waals surface area contributed by atoms with E-state index in [-0.39, 0.29) is 6.03 Å². The zero-order valence-corrected chi connectivity index (χ0v) is 5.26. The van der Waals surface area contributed by atoms with Crippen LogP contribution >= 0.6 is 0 Å². The van der Waals surface area contributed by atoms with E-state index >= 15 is 0 Å². The summed E-state index contributed by atoms with van der Waals surface area (Å²) < 4.78 is 0. The number of carbonyl (C=O) groups is 1. The highest BCUT2D eigenvalue weighted by atomic mass is 16.2. The van der Waals surface area contributed by atoms with Crippen LogP contribution in [0.3, 0.4) is 0 Å². The van der Waals surface area contributed by atoms with Crippen molar-refractivity contribution >= 4 is 6.03 Å². The third-order valence-electron chi connectivity index (χ3n) is 2.11. The molecule has 0 atom stereocenters. The molecule has 0 spiro atoms. The third kappa shape index (κ3) is 0.677. The molecule has 3 saturated heterocycles. The Bertz CT molecular complexity index is 138. The largest absolute Gasteiger partial charge is 0.335 e. The summed E-state index contributed by atoms with van der Waals surface area (Å²) in [5, 5.41) is 2.90. The molecule has 0 unspecified atom stereocenters. The van der Waals surface area contributed by atoms with Crippen molar-refractivity contribution in [1.29, 1.82) is 0 Å². The first kappa shape index (κ1) is 5.09. The van der Waals surface area contributed by atoms with E-state index in [1.807, 2.05) is 4.90 Å². The van der Waals surface area contributed by atoms with Crippen molar-refractivity contribution in [2.24, 2.45) is 0 Å². The Balaban J connectivity index is 2.15. The lowest BCUT2D eigenvalue weighted by molar-refractivity contribution is 0.142. The van der Waals surface area contributed by atoms with Gasteiger partial charge in [0.1, 0.15) is 0 Å². The molecule has 0 aromatic rings. The monoisotopic (exact) mass is 126 g/mol. The lowest BCUT2D eigenvalue weighted by Gasteiger charge is -2.39. The van der Waals surface area contributed by atoms with Crippen LogP contribution in [0.25, 0.3) is 0 Å². The summed E-state index contributed by atoms with van der Waals surface area (Å²) >= 11 is 0. The first-order chi connectivity index (χ1) is 4.36. The van der Waals surface area contributed by atoms with Crippen LogP contribution < -0.4 is 5.32 Å². The number of nitrogens with one attached hydrogen (secondary N) is 1. The summed E-state index contributed by atoms with van der Waals surface area (Å²) in [5.74, 6) is 0. The first-order valence-electron chi connectivity index (χ1n) is 3.42. The zero-order chi connectivity index (χ0) is 6.27. The van der Waals surface area contributed by atoms with Gasteiger partial charge in [0, 0.05) is 19.1 Å². The Morgan fingerprint density at radius 1 is 1.44 bits per heavy atom. The first-order valence-corrected chi connectivity index (χ1v) is 3.42. The molecule has 0 aliphatic carbocycles. The van der Waals surface area contributed by atoms with E-state index in [4.69, 9.17) is 0 Å². The van der Waals surface area contributed by atoms with E-state index in [2.05, 4.69) is 5.32 Å². The fourth-order valence-electron chi connectivity index (χ4n) is 1.49. The Hall–Kier alpha value is -0.730. The summed E-state index contributed by atoms with van der Waals surface area (Å²) in [6.07, 6.45) is 2.29. The highest BCUT2D eigenvalue weighted by Crippen LogP contribution is 2.15. The minimum atomic E-state index is 0.137. The quantitative estimate of drug-likeness (QED) is 0.493. The number of rotatable bonds is 0. The molecule has 3 aliphatic rings. The van der Waals surface area contributed by atoms with Crippen LogP contribution in [0.2, 0.25) is 0 Å². The van der Waals surface area contributed by atoms with Crippen LogP contribution in [0.5, 0.6) is 0 Å². The zero-order valence-electron chi connectivity index (χ0n) is 5.26. The molecule has 9 heavy (non-hydrogen) atoms. The van der Waals surface area contributed by atoms with Crippen LogP contribution in [0.1, 0.15) is 12.8 Å². The maximum Gasteiger partial charge on any atom is 0.317 e. The van der Waals surface area contributed by atoms with Gasteiger partial charge < -0.3 is 10.2 Å². The van der Waals surface area contributed by atoms with Crippen LogP contribution in [0.4, 0.5) is 4.79 Å². The van der Waals surface area contributed by atoms with Gasteiger partial charge in [-0.2, -0.15) is 0 Å². The number of amides is 2. The number of fused-ring (bicyclic) bond motifs is 3. The predicted molar refractivity (Wildman–Crippen MR) is 33.1 cm³/mol. The molecule has 0 radical (unpaired) electrons. The van der Waals surface area contributed by atoms with Gasteiger partial charge in [-0.1, -0.05) is 0 Å². The Morgan fingerprint density at radius 2 is 2.11 bits per heavy atom. The number of nitrogens with zero attached hydrogens (tertiary/aromatic N) is 1. The number of carbonyl (C=O) groups excluding carboxylic acids is 1. The SMILES string of the molecule is O=C1NC2CCN1CC2. The smallest absolute Gasteiger partial charge is 0.317 e. The van der Waals surface area contributed by atoms with Gasteiger partial charge >= 0.3 is 6.03 Å². The lowest BCUT2D eigenvalue weighted by atomic mass is 10.0. The van der Waals surface area contributed by atoms with Crippen molar-refractivity contribution in [3.8, 4) is 0 Å². The van der Waals surface area contributed by atoms with Crippen LogP contribution in [-0.4, -0.2) is 30.1 Å². The third-order valence-corrected chi connectivity index (χ3v) is 2.11. The van der Waals surface area contributed by atoms with E-state index in [1.54, 1.807) is 0 Å². The summed E-state index contributed by atoms with van der Waals surface area (Å²) in [7, 11) is 0. The summed E-state index contributed by atoms with van der Waals surface area (Å²) in [6.45, 7) is 1.94. The highest BCUT2D eigenvalue weighted by Gasteiger charge is 2.29. The number of urea groups is 1. The normalized spacial score (nSPS) is 26.7. The van der Waals surface area contributed by atoms with Crippen LogP contribution in [0.15, 0.2) is 0 Å². The van der Waals surface area contributed by atoms with Gasteiger partial charge in [0.2, 0.25) is 0 Å². The minimum Gasteiger partial charge on any atom is -0.335 e. The Kier molecular flexibility index (Phi) is 0.917. The molecule has 2 amide bonds. The van der Waals surface area contributed by atoms with Crippen molar-refractivity contribution in [1.82, 2.24) is 10.2 Å². The molecule has 3 nitrogen and oxygen atoms in total. The molecule has 3 fully saturated rings. The number of hydrogen-bond acceptors (Lipinski definition) is 1. The van der Waals surface area contributed by atoms with Gasteiger partial charge in [-0.05, 0) is 12.8 Å². The van der Waals surface area contributed by atoms with Crippen molar-refractivity contribution in [3.05, 3.63) is 0 Å². The summed E-state index contributed by atoms with van der Waals surface area (Å²) in [4.78, 5) is 12.7. The van der Waals surface area contributed by atoms with Crippen molar-refractivity contribution in [2.45, 2.75) is 18.9 Å². The highest BCUT2D eigenvalue weighted by molar-refractivity contribution is 5.76. The topological polar surface area (TPSA) is 32.3 Å². The van der Waals surface area contributed by atoms with E-state index in [9.17, 15) is 4.79 Å². The van der Waals surface area contributed by atoms with E-state index in [1.165, 1.54) is 0 Å². The molecule has 3 rings (SSSR count). The van der Waals surface area contributed by atoms with Gasteiger partial charge in [0.05, 0.1) is 0 Å². The molecular weight excluding hydrogens is 116 g/mol. The molecule has 2 bridgehead atoms. The van der Waals surface area contributed by atoms with Gasteiger partial charge in [-0.15, -0.1) is 0 Å². The van der Waals surface area contributed by atoms with E-state index in [0.29, 0.717) is 6.04 Å². The maximum atomic E-state index is 10.9. The summed E-state index contributed by atoms with van der Waals surface area (Å²) in [6, 6.07) is 0.625. The molecule has 1 N–H and O–H groups in total. The Labute approximate surface area is 54.0 Å². The van der Waals surface area contributed by atoms with E-state index < -0.39 is 0 Å². The Morgan fingerprint density at radius 3 is 2.33 bits per heavy atom. The molecular formula is C6H10N2O. The maximum absolute atomic E-state index is 10.9. The molecule has 0 aromatic heterocycles. The second kappa shape index (κ2) is 1.62. The molecule has 3 heterocycles.